The Kier molecular flexibility index (Phi) is 8.59. The van der Waals surface area contributed by atoms with Crippen molar-refractivity contribution in [3.05, 3.63) is 89.1 Å². The third-order valence-corrected chi connectivity index (χ3v) is 8.58. The minimum Gasteiger partial charge on any atom is -0.444 e. The number of nitriles is 1. The zero-order chi connectivity index (χ0) is 29.8. The quantitative estimate of drug-likeness (QED) is 0.160. The van der Waals surface area contributed by atoms with Gasteiger partial charge in [0.25, 0.3) is 0 Å². The molecule has 2 aromatic carbocycles. The summed E-state index contributed by atoms with van der Waals surface area (Å²) < 4.78 is 9.35. The zero-order valence-corrected chi connectivity index (χ0v) is 24.8. The summed E-state index contributed by atoms with van der Waals surface area (Å²) in [6.07, 6.45) is 12.2. The molecule has 218 valence electrons. The van der Waals surface area contributed by atoms with Gasteiger partial charge < -0.3 is 10.1 Å². The summed E-state index contributed by atoms with van der Waals surface area (Å²) in [5.41, 5.74) is 4.27. The second-order valence-corrected chi connectivity index (χ2v) is 11.4. The van der Waals surface area contributed by atoms with Crippen LogP contribution in [0.4, 0.5) is 11.4 Å². The fraction of sp³-hybridized carbons (Fsp3) is 0.281. The number of nitrogens with one attached hydrogen (secondary N) is 1. The van der Waals surface area contributed by atoms with Gasteiger partial charge in [0.05, 0.1) is 52.6 Å². The summed E-state index contributed by atoms with van der Waals surface area (Å²) in [6, 6.07) is 17.0. The summed E-state index contributed by atoms with van der Waals surface area (Å²) in [5, 5.41) is 19.1. The van der Waals surface area contributed by atoms with Crippen LogP contribution in [0.2, 0.25) is 10.0 Å². The van der Waals surface area contributed by atoms with Crippen LogP contribution in [0.15, 0.2) is 73.4 Å². The van der Waals surface area contributed by atoms with E-state index in [1.165, 1.54) is 19.2 Å². The van der Waals surface area contributed by atoms with Crippen LogP contribution in [-0.2, 0) is 22.7 Å². The van der Waals surface area contributed by atoms with E-state index in [2.05, 4.69) is 26.5 Å². The SMILES string of the molecule is N#CCC(C1CCCC1)n1cc(-c2ncnc3c2ccn3COC(=O)Cc2ccccc2Nc2c(Cl)cccc2Cl)cn1. The molecule has 1 aliphatic rings. The van der Waals surface area contributed by atoms with E-state index in [-0.39, 0.29) is 19.2 Å². The molecule has 11 heteroatoms. The number of hydrogen-bond donors (Lipinski definition) is 1. The van der Waals surface area contributed by atoms with Crippen LogP contribution >= 0.6 is 23.2 Å². The number of anilines is 2. The molecule has 3 aromatic heterocycles. The van der Waals surface area contributed by atoms with E-state index in [0.29, 0.717) is 39.4 Å². The van der Waals surface area contributed by atoms with Gasteiger partial charge in [0.15, 0.2) is 6.73 Å². The number of aromatic nitrogens is 5. The zero-order valence-electron chi connectivity index (χ0n) is 23.3. The normalized spacial score (nSPS) is 14.1. The number of benzene rings is 2. The number of halogens is 2. The maximum absolute atomic E-state index is 12.9. The van der Waals surface area contributed by atoms with Gasteiger partial charge in [0.1, 0.15) is 12.0 Å². The smallest absolute Gasteiger partial charge is 0.312 e. The van der Waals surface area contributed by atoms with E-state index in [1.807, 2.05) is 47.4 Å². The first kappa shape index (κ1) is 28.7. The van der Waals surface area contributed by atoms with E-state index >= 15 is 0 Å². The van der Waals surface area contributed by atoms with Crippen LogP contribution < -0.4 is 5.32 Å². The Hall–Kier alpha value is -4.39. The molecule has 9 nitrogen and oxygen atoms in total. The topological polar surface area (TPSA) is 111 Å². The largest absolute Gasteiger partial charge is 0.444 e. The third-order valence-electron chi connectivity index (χ3n) is 7.95. The molecule has 0 radical (unpaired) electrons. The number of rotatable bonds is 10. The van der Waals surface area contributed by atoms with E-state index in [0.717, 1.165) is 35.0 Å². The van der Waals surface area contributed by atoms with Crippen LogP contribution in [-0.4, -0.2) is 30.3 Å². The lowest BCUT2D eigenvalue weighted by molar-refractivity contribution is -0.146. The second-order valence-electron chi connectivity index (χ2n) is 10.6. The Bertz CT molecular complexity index is 1780. The van der Waals surface area contributed by atoms with Gasteiger partial charge in [-0.15, -0.1) is 0 Å². The molecule has 6 rings (SSSR count). The molecule has 0 amide bonds. The summed E-state index contributed by atoms with van der Waals surface area (Å²) in [6.45, 7) is -0.00406. The second kappa shape index (κ2) is 12.9. The molecule has 1 unspecified atom stereocenters. The van der Waals surface area contributed by atoms with E-state index in [1.54, 1.807) is 29.0 Å². The third kappa shape index (κ3) is 6.21. The van der Waals surface area contributed by atoms with Crippen molar-refractivity contribution in [1.29, 1.82) is 5.26 Å². The predicted octanol–water partition coefficient (Wildman–Crippen LogP) is 7.73. The summed E-state index contributed by atoms with van der Waals surface area (Å²) >= 11 is 12.7. The van der Waals surface area contributed by atoms with Crippen molar-refractivity contribution >= 4 is 51.6 Å². The molecular weight excluding hydrogens is 585 g/mol. The molecule has 0 saturated heterocycles. The Balaban J connectivity index is 1.15. The molecule has 0 spiro atoms. The fourth-order valence-corrected chi connectivity index (χ4v) is 6.28. The Labute approximate surface area is 259 Å². The number of fused-ring (bicyclic) bond motifs is 1. The first-order valence-electron chi connectivity index (χ1n) is 14.2. The number of ether oxygens (including phenoxy) is 1. The molecule has 0 bridgehead atoms. The Morgan fingerprint density at radius 1 is 1.09 bits per heavy atom. The van der Waals surface area contributed by atoms with E-state index in [4.69, 9.17) is 27.9 Å². The minimum absolute atomic E-state index is 0.00406. The lowest BCUT2D eigenvalue weighted by Gasteiger charge is -2.21. The highest BCUT2D eigenvalue weighted by Gasteiger charge is 2.27. The van der Waals surface area contributed by atoms with Gasteiger partial charge in [-0.25, -0.2) is 9.97 Å². The lowest BCUT2D eigenvalue weighted by atomic mass is 9.96. The van der Waals surface area contributed by atoms with Crippen molar-refractivity contribution in [2.75, 3.05) is 5.32 Å². The average molecular weight is 615 g/mol. The van der Waals surface area contributed by atoms with Gasteiger partial charge in [-0.1, -0.05) is 60.3 Å². The molecule has 1 N–H and O–H groups in total. The number of esters is 1. The highest BCUT2D eigenvalue weighted by atomic mass is 35.5. The average Bonchev–Trinajstić information content (AvgIpc) is 3.79. The van der Waals surface area contributed by atoms with Crippen LogP contribution in [0.3, 0.4) is 0 Å². The van der Waals surface area contributed by atoms with Crippen molar-refractivity contribution in [1.82, 2.24) is 24.3 Å². The molecule has 0 aliphatic heterocycles. The first-order valence-corrected chi connectivity index (χ1v) is 14.9. The van der Waals surface area contributed by atoms with Crippen molar-refractivity contribution in [2.45, 2.75) is 51.3 Å². The van der Waals surface area contributed by atoms with Gasteiger partial charge in [0.2, 0.25) is 0 Å². The highest BCUT2D eigenvalue weighted by molar-refractivity contribution is 6.39. The summed E-state index contributed by atoms with van der Waals surface area (Å²) in [7, 11) is 0. The minimum atomic E-state index is -0.396. The summed E-state index contributed by atoms with van der Waals surface area (Å²) in [5.74, 6) is 0.0673. The Morgan fingerprint density at radius 2 is 1.88 bits per heavy atom. The van der Waals surface area contributed by atoms with Crippen LogP contribution in [0.1, 0.15) is 43.7 Å². The predicted molar refractivity (Wildman–Crippen MR) is 166 cm³/mol. The maximum atomic E-state index is 12.9. The fourth-order valence-electron chi connectivity index (χ4n) is 5.79. The number of carbonyl (C=O) groups is 1. The molecule has 1 atom stereocenters. The van der Waals surface area contributed by atoms with Crippen LogP contribution in [0.25, 0.3) is 22.3 Å². The maximum Gasteiger partial charge on any atom is 0.312 e. The van der Waals surface area contributed by atoms with Crippen molar-refractivity contribution in [2.24, 2.45) is 5.92 Å². The molecule has 3 heterocycles. The number of hydrogen-bond acceptors (Lipinski definition) is 7. The molecule has 1 saturated carbocycles. The van der Waals surface area contributed by atoms with Gasteiger partial charge in [0, 0.05) is 29.0 Å². The lowest BCUT2D eigenvalue weighted by Crippen LogP contribution is -2.17. The van der Waals surface area contributed by atoms with E-state index < -0.39 is 5.97 Å². The Morgan fingerprint density at radius 3 is 2.67 bits per heavy atom. The molecule has 1 fully saturated rings. The van der Waals surface area contributed by atoms with Gasteiger partial charge in [-0.05, 0) is 48.6 Å². The summed E-state index contributed by atoms with van der Waals surface area (Å²) in [4.78, 5) is 21.9. The number of para-hydroxylation sites is 2. The number of carbonyl (C=O) groups excluding carboxylic acids is 1. The van der Waals surface area contributed by atoms with Gasteiger partial charge >= 0.3 is 5.97 Å². The number of nitrogens with zero attached hydrogens (tertiary/aromatic N) is 6. The van der Waals surface area contributed by atoms with Crippen molar-refractivity contribution in [3.63, 3.8) is 0 Å². The standard InChI is InChI=1S/C32H29Cl2N7O2/c33-25-9-5-10-26(34)31(25)39-27-11-4-3-8-22(27)16-29(42)43-20-40-15-13-24-30(36-19-37-32(24)40)23-17-38-41(18-23)28(12-14-35)21-6-1-2-7-21/h3-5,8-11,13,15,17-19,21,28,39H,1-2,6-7,12,16,20H2. The first-order chi connectivity index (χ1) is 21.0. The van der Waals surface area contributed by atoms with Crippen LogP contribution in [0.5, 0.6) is 0 Å². The highest BCUT2D eigenvalue weighted by Crippen LogP contribution is 2.37. The van der Waals surface area contributed by atoms with Crippen LogP contribution in [0, 0.1) is 17.2 Å². The molecule has 1 aliphatic carbocycles. The van der Waals surface area contributed by atoms with E-state index in [9.17, 15) is 10.1 Å². The van der Waals surface area contributed by atoms with Gasteiger partial charge in [-0.3, -0.25) is 14.0 Å². The molecular formula is C32H29Cl2N7O2. The monoisotopic (exact) mass is 613 g/mol. The molecule has 5 aromatic rings. The van der Waals surface area contributed by atoms with Crippen molar-refractivity contribution in [3.8, 4) is 17.3 Å². The van der Waals surface area contributed by atoms with Gasteiger partial charge in [-0.2, -0.15) is 10.4 Å². The molecule has 43 heavy (non-hydrogen) atoms. The van der Waals surface area contributed by atoms with Crippen molar-refractivity contribution < 1.29 is 9.53 Å².